The number of ether oxygens (including phenoxy) is 1. The van der Waals surface area contributed by atoms with Crippen molar-refractivity contribution in [3.05, 3.63) is 70.6 Å². The van der Waals surface area contributed by atoms with Crippen LogP contribution in [0.15, 0.2) is 69.4 Å². The van der Waals surface area contributed by atoms with Crippen LogP contribution < -0.4 is 15.2 Å². The average Bonchev–Trinajstić information content (AvgIpc) is 3.37. The summed E-state index contributed by atoms with van der Waals surface area (Å²) < 4.78 is 6.97. The zero-order valence-corrected chi connectivity index (χ0v) is 20.6. The first kappa shape index (κ1) is 22.9. The number of carbonyl (C=O) groups is 1. The molecular weight excluding hydrogens is 468 g/mol. The van der Waals surface area contributed by atoms with E-state index in [2.05, 4.69) is 17.0 Å². The van der Waals surface area contributed by atoms with Crippen molar-refractivity contribution >= 4 is 35.1 Å². The number of hydrogen-bond donors (Lipinski definition) is 0. The fourth-order valence-corrected chi connectivity index (χ4v) is 6.19. The van der Waals surface area contributed by atoms with Crippen LogP contribution >= 0.6 is 23.5 Å². The number of rotatable bonds is 6. The van der Waals surface area contributed by atoms with Gasteiger partial charge < -0.3 is 14.5 Å². The summed E-state index contributed by atoms with van der Waals surface area (Å²) in [5.74, 6) is 1.84. The number of carbonyl (C=O) groups excluding carboxylic acids is 1. The van der Waals surface area contributed by atoms with Gasteiger partial charge in [0.05, 0.1) is 29.1 Å². The Hall–Kier alpha value is -2.91. The fraction of sp³-hybridized carbons (Fsp3) is 0.320. The van der Waals surface area contributed by atoms with Crippen molar-refractivity contribution in [3.8, 4) is 11.4 Å². The topological polar surface area (TPSA) is 67.7 Å². The van der Waals surface area contributed by atoms with Gasteiger partial charge in [0.15, 0.2) is 5.16 Å². The van der Waals surface area contributed by atoms with Crippen molar-refractivity contribution < 1.29 is 9.53 Å². The molecule has 2 aliphatic rings. The van der Waals surface area contributed by atoms with Crippen LogP contribution in [-0.2, 0) is 11.2 Å². The Morgan fingerprint density at radius 3 is 2.59 bits per heavy atom. The van der Waals surface area contributed by atoms with Gasteiger partial charge in [0.2, 0.25) is 5.91 Å². The van der Waals surface area contributed by atoms with Crippen LogP contribution in [0.3, 0.4) is 0 Å². The molecule has 34 heavy (non-hydrogen) atoms. The number of methoxy groups -OCH3 is 1. The third-order valence-corrected chi connectivity index (χ3v) is 8.09. The molecule has 7 nitrogen and oxygen atoms in total. The van der Waals surface area contributed by atoms with Crippen LogP contribution in [0.1, 0.15) is 5.69 Å². The molecule has 9 heteroatoms. The quantitative estimate of drug-likeness (QED) is 0.385. The van der Waals surface area contributed by atoms with E-state index in [0.717, 1.165) is 31.0 Å². The summed E-state index contributed by atoms with van der Waals surface area (Å²) in [5, 5.41) is 0.552. The number of anilines is 1. The molecule has 2 aromatic carbocycles. The molecule has 0 radical (unpaired) electrons. The molecule has 1 amide bonds. The molecule has 2 aliphatic heterocycles. The summed E-state index contributed by atoms with van der Waals surface area (Å²) in [5.41, 5.74) is 2.64. The lowest BCUT2D eigenvalue weighted by Crippen LogP contribution is -2.49. The lowest BCUT2D eigenvalue weighted by molar-refractivity contribution is -0.128. The van der Waals surface area contributed by atoms with Gasteiger partial charge in [-0.05, 0) is 24.3 Å². The summed E-state index contributed by atoms with van der Waals surface area (Å²) in [4.78, 5) is 36.1. The number of aryl methyl sites for hydroxylation is 1. The van der Waals surface area contributed by atoms with Crippen LogP contribution in [0.5, 0.6) is 5.75 Å². The minimum Gasteiger partial charge on any atom is -0.497 e. The molecule has 0 spiro atoms. The first-order valence-corrected chi connectivity index (χ1v) is 13.2. The van der Waals surface area contributed by atoms with Crippen LogP contribution in [0.2, 0.25) is 0 Å². The van der Waals surface area contributed by atoms with Crippen LogP contribution in [0.4, 0.5) is 5.69 Å². The molecule has 0 bridgehead atoms. The number of fused-ring (bicyclic) bond motifs is 1. The summed E-state index contributed by atoms with van der Waals surface area (Å²) >= 11 is 2.88. The van der Waals surface area contributed by atoms with Crippen molar-refractivity contribution in [1.82, 2.24) is 14.5 Å². The number of piperazine rings is 1. The van der Waals surface area contributed by atoms with Gasteiger partial charge in [0.25, 0.3) is 5.56 Å². The van der Waals surface area contributed by atoms with E-state index >= 15 is 0 Å². The smallest absolute Gasteiger partial charge is 0.272 e. The highest BCUT2D eigenvalue weighted by Crippen LogP contribution is 2.30. The van der Waals surface area contributed by atoms with Crippen molar-refractivity contribution in [2.24, 2.45) is 0 Å². The SMILES string of the molecule is COc1cccc(-n2c(SCC(=O)N3CCN(c4ccccc4)CC3)nc3c(c2=O)SCC3)c1. The van der Waals surface area contributed by atoms with Crippen molar-refractivity contribution in [2.45, 2.75) is 16.5 Å². The van der Waals surface area contributed by atoms with E-state index in [1.807, 2.05) is 47.4 Å². The number of hydrogen-bond acceptors (Lipinski definition) is 7. The molecule has 1 saturated heterocycles. The highest BCUT2D eigenvalue weighted by atomic mass is 32.2. The second-order valence-corrected chi connectivity index (χ2v) is 10.2. The maximum Gasteiger partial charge on any atom is 0.272 e. The van der Waals surface area contributed by atoms with Crippen molar-refractivity contribution in [3.63, 3.8) is 0 Å². The van der Waals surface area contributed by atoms with Crippen molar-refractivity contribution in [2.75, 3.05) is 49.7 Å². The van der Waals surface area contributed by atoms with Gasteiger partial charge in [-0.3, -0.25) is 14.2 Å². The summed E-state index contributed by atoms with van der Waals surface area (Å²) in [6.45, 7) is 2.99. The molecule has 0 unspecified atom stereocenters. The van der Waals surface area contributed by atoms with E-state index in [9.17, 15) is 9.59 Å². The number of para-hydroxylation sites is 1. The molecule has 176 valence electrons. The average molecular weight is 495 g/mol. The Bertz CT molecular complexity index is 1240. The standard InChI is InChI=1S/C25H26N4O3S2/c1-32-20-9-5-8-19(16-20)29-24(31)23-21(10-15-33-23)26-25(29)34-17-22(30)28-13-11-27(12-14-28)18-6-3-2-4-7-18/h2-9,16H,10-15,17H2,1H3. The first-order valence-electron chi connectivity index (χ1n) is 11.3. The van der Waals surface area contributed by atoms with E-state index in [0.29, 0.717) is 34.6 Å². The normalized spacial score (nSPS) is 15.3. The van der Waals surface area contributed by atoms with Gasteiger partial charge in [-0.15, -0.1) is 11.8 Å². The molecule has 1 aromatic heterocycles. The highest BCUT2D eigenvalue weighted by Gasteiger charge is 2.25. The molecule has 5 rings (SSSR count). The van der Waals surface area contributed by atoms with E-state index in [-0.39, 0.29) is 17.2 Å². The van der Waals surface area contributed by atoms with Crippen LogP contribution in [-0.4, -0.2) is 65.2 Å². The minimum atomic E-state index is -0.0767. The number of benzene rings is 2. The molecule has 0 aliphatic carbocycles. The molecular formula is C25H26N4O3S2. The van der Waals surface area contributed by atoms with Gasteiger partial charge in [0.1, 0.15) is 5.75 Å². The molecule has 0 saturated carbocycles. The van der Waals surface area contributed by atoms with E-state index in [1.165, 1.54) is 17.4 Å². The van der Waals surface area contributed by atoms with Gasteiger partial charge >= 0.3 is 0 Å². The van der Waals surface area contributed by atoms with E-state index in [4.69, 9.17) is 9.72 Å². The molecule has 3 heterocycles. The maximum absolute atomic E-state index is 13.3. The lowest BCUT2D eigenvalue weighted by Gasteiger charge is -2.36. The number of nitrogens with zero attached hydrogens (tertiary/aromatic N) is 4. The molecule has 3 aromatic rings. The Morgan fingerprint density at radius 2 is 1.82 bits per heavy atom. The van der Waals surface area contributed by atoms with E-state index in [1.54, 1.807) is 23.4 Å². The van der Waals surface area contributed by atoms with Crippen molar-refractivity contribution in [1.29, 1.82) is 0 Å². The largest absolute Gasteiger partial charge is 0.497 e. The molecule has 0 N–H and O–H groups in total. The summed E-state index contributed by atoms with van der Waals surface area (Å²) in [7, 11) is 1.60. The zero-order chi connectivity index (χ0) is 23.5. The van der Waals surface area contributed by atoms with Gasteiger partial charge in [-0.1, -0.05) is 36.0 Å². The number of aromatic nitrogens is 2. The Balaban J connectivity index is 1.32. The van der Waals surface area contributed by atoms with Crippen LogP contribution in [0.25, 0.3) is 5.69 Å². The second kappa shape index (κ2) is 10.1. The van der Waals surface area contributed by atoms with Gasteiger partial charge in [-0.2, -0.15) is 0 Å². The monoisotopic (exact) mass is 494 g/mol. The highest BCUT2D eigenvalue weighted by molar-refractivity contribution is 8.00. The summed E-state index contributed by atoms with van der Waals surface area (Å²) in [6, 6.07) is 17.7. The first-order chi connectivity index (χ1) is 16.6. The predicted molar refractivity (Wildman–Crippen MR) is 137 cm³/mol. The zero-order valence-electron chi connectivity index (χ0n) is 19.0. The van der Waals surface area contributed by atoms with E-state index < -0.39 is 0 Å². The molecule has 1 fully saturated rings. The van der Waals surface area contributed by atoms with Gasteiger partial charge in [0, 0.05) is 50.1 Å². The third kappa shape index (κ3) is 4.67. The minimum absolute atomic E-state index is 0.0685. The maximum atomic E-state index is 13.3. The molecule has 0 atom stereocenters. The number of amides is 1. The van der Waals surface area contributed by atoms with Crippen LogP contribution in [0, 0.1) is 0 Å². The predicted octanol–water partition coefficient (Wildman–Crippen LogP) is 3.33. The fourth-order valence-electron chi connectivity index (χ4n) is 4.24. The lowest BCUT2D eigenvalue weighted by atomic mass is 10.2. The second-order valence-electron chi connectivity index (χ2n) is 8.10. The Morgan fingerprint density at radius 1 is 1.06 bits per heavy atom. The Kier molecular flexibility index (Phi) is 6.82. The summed E-state index contributed by atoms with van der Waals surface area (Å²) in [6.07, 6.45) is 0.775. The van der Waals surface area contributed by atoms with Gasteiger partial charge in [-0.25, -0.2) is 4.98 Å². The third-order valence-electron chi connectivity index (χ3n) is 6.06. The Labute approximate surface area is 207 Å². The number of thioether (sulfide) groups is 2.